The van der Waals surface area contributed by atoms with Gasteiger partial charge in [0.1, 0.15) is 5.75 Å². The van der Waals surface area contributed by atoms with Crippen LogP contribution in [0.1, 0.15) is 25.0 Å². The first kappa shape index (κ1) is 17.2. The summed E-state index contributed by atoms with van der Waals surface area (Å²) < 4.78 is 6.49. The maximum absolute atomic E-state index is 11.9. The molecule has 2 aromatic rings. The van der Waals surface area contributed by atoms with Crippen molar-refractivity contribution in [2.45, 2.75) is 26.4 Å². The molecule has 0 atom stereocenters. The largest absolute Gasteiger partial charge is 0.490 e. The molecule has 0 radical (unpaired) electrons. The number of carbonyl (C=O) groups is 1. The number of hydrogen-bond donors (Lipinski definition) is 1. The zero-order chi connectivity index (χ0) is 16.7. The predicted octanol–water partition coefficient (Wildman–Crippen LogP) is 3.93. The molecule has 0 unspecified atom stereocenters. The van der Waals surface area contributed by atoms with Crippen LogP contribution in [0.3, 0.4) is 0 Å². The number of rotatable bonds is 6. The Morgan fingerprint density at radius 3 is 2.65 bits per heavy atom. The lowest BCUT2D eigenvalue weighted by Gasteiger charge is -2.12. The highest BCUT2D eigenvalue weighted by molar-refractivity contribution is 9.10. The summed E-state index contributed by atoms with van der Waals surface area (Å²) in [6.07, 6.45) is 1.98. The van der Waals surface area contributed by atoms with Gasteiger partial charge in [-0.3, -0.25) is 4.79 Å². The second-order valence-corrected chi connectivity index (χ2v) is 6.17. The number of benzene rings is 2. The lowest BCUT2D eigenvalue weighted by atomic mass is 10.1. The van der Waals surface area contributed by atoms with Crippen molar-refractivity contribution in [2.24, 2.45) is 5.10 Å². The van der Waals surface area contributed by atoms with E-state index in [-0.39, 0.29) is 18.4 Å². The van der Waals surface area contributed by atoms with Crippen molar-refractivity contribution in [1.29, 1.82) is 0 Å². The maximum Gasteiger partial charge on any atom is 0.244 e. The standard InChI is InChI=1S/C18H19BrN2O2/c1-13(2)23-17-9-8-15(10-16(17)19)11-18(22)21-20-12-14-6-4-3-5-7-14/h3-10,12-13H,11H2,1-2H3,(H,21,22)/b20-12+. The van der Waals surface area contributed by atoms with Crippen molar-refractivity contribution in [2.75, 3.05) is 0 Å². The first-order valence-electron chi connectivity index (χ1n) is 7.36. The first-order valence-corrected chi connectivity index (χ1v) is 8.16. The molecule has 5 heteroatoms. The van der Waals surface area contributed by atoms with Crippen LogP contribution in [0.5, 0.6) is 5.75 Å². The molecule has 0 aliphatic carbocycles. The SMILES string of the molecule is CC(C)Oc1ccc(CC(=O)N/N=C/c2ccccc2)cc1Br. The Labute approximate surface area is 144 Å². The van der Waals surface area contributed by atoms with Crippen LogP contribution in [0.25, 0.3) is 0 Å². The van der Waals surface area contributed by atoms with Gasteiger partial charge < -0.3 is 4.74 Å². The number of hydrogen-bond acceptors (Lipinski definition) is 3. The summed E-state index contributed by atoms with van der Waals surface area (Å²) in [5.41, 5.74) is 4.35. The summed E-state index contributed by atoms with van der Waals surface area (Å²) >= 11 is 3.46. The van der Waals surface area contributed by atoms with Crippen LogP contribution in [0.4, 0.5) is 0 Å². The molecule has 120 valence electrons. The minimum Gasteiger partial charge on any atom is -0.490 e. The molecular weight excluding hydrogens is 356 g/mol. The van der Waals surface area contributed by atoms with Gasteiger partial charge in [0.2, 0.25) is 5.91 Å². The van der Waals surface area contributed by atoms with Gasteiger partial charge in [-0.25, -0.2) is 5.43 Å². The topological polar surface area (TPSA) is 50.7 Å². The number of amides is 1. The molecular formula is C18H19BrN2O2. The molecule has 0 bridgehead atoms. The number of halogens is 1. The molecule has 1 amide bonds. The Morgan fingerprint density at radius 2 is 2.00 bits per heavy atom. The molecule has 2 rings (SSSR count). The average Bonchev–Trinajstić information content (AvgIpc) is 2.51. The van der Waals surface area contributed by atoms with E-state index in [1.54, 1.807) is 6.21 Å². The van der Waals surface area contributed by atoms with Crippen LogP contribution in [0.15, 0.2) is 58.1 Å². The lowest BCUT2D eigenvalue weighted by Crippen LogP contribution is -2.19. The molecule has 0 saturated carbocycles. The van der Waals surface area contributed by atoms with Crippen molar-refractivity contribution in [1.82, 2.24) is 5.43 Å². The van der Waals surface area contributed by atoms with E-state index in [4.69, 9.17) is 4.74 Å². The monoisotopic (exact) mass is 374 g/mol. The van der Waals surface area contributed by atoms with Gasteiger partial charge in [-0.05, 0) is 53.0 Å². The molecule has 2 aromatic carbocycles. The molecule has 23 heavy (non-hydrogen) atoms. The second kappa shape index (κ2) is 8.48. The quantitative estimate of drug-likeness (QED) is 0.615. The van der Waals surface area contributed by atoms with Crippen molar-refractivity contribution >= 4 is 28.1 Å². The zero-order valence-corrected chi connectivity index (χ0v) is 14.7. The van der Waals surface area contributed by atoms with Gasteiger partial charge in [0.25, 0.3) is 0 Å². The van der Waals surface area contributed by atoms with E-state index in [1.165, 1.54) is 0 Å². The van der Waals surface area contributed by atoms with Gasteiger partial charge in [-0.15, -0.1) is 0 Å². The Kier molecular flexibility index (Phi) is 6.35. The molecule has 0 aromatic heterocycles. The van der Waals surface area contributed by atoms with E-state index >= 15 is 0 Å². The van der Waals surface area contributed by atoms with Crippen molar-refractivity contribution in [3.05, 3.63) is 64.1 Å². The van der Waals surface area contributed by atoms with Crippen LogP contribution in [-0.4, -0.2) is 18.2 Å². The van der Waals surface area contributed by atoms with Gasteiger partial charge in [-0.2, -0.15) is 5.10 Å². The minimum absolute atomic E-state index is 0.104. The molecule has 0 aliphatic heterocycles. The highest BCUT2D eigenvalue weighted by Gasteiger charge is 2.07. The van der Waals surface area contributed by atoms with E-state index in [1.807, 2.05) is 62.4 Å². The molecule has 0 fully saturated rings. The zero-order valence-electron chi connectivity index (χ0n) is 13.1. The average molecular weight is 375 g/mol. The van der Waals surface area contributed by atoms with E-state index < -0.39 is 0 Å². The molecule has 0 aliphatic rings. The Bertz CT molecular complexity index is 685. The van der Waals surface area contributed by atoms with Crippen LogP contribution in [0.2, 0.25) is 0 Å². The van der Waals surface area contributed by atoms with Gasteiger partial charge in [0.15, 0.2) is 0 Å². The predicted molar refractivity (Wildman–Crippen MR) is 95.8 cm³/mol. The third-order valence-electron chi connectivity index (χ3n) is 2.93. The Hall–Kier alpha value is -2.14. The van der Waals surface area contributed by atoms with Crippen molar-refractivity contribution < 1.29 is 9.53 Å². The third kappa shape index (κ3) is 5.87. The number of nitrogens with zero attached hydrogens (tertiary/aromatic N) is 1. The van der Waals surface area contributed by atoms with Crippen LogP contribution in [0, 0.1) is 0 Å². The second-order valence-electron chi connectivity index (χ2n) is 5.31. The summed E-state index contributed by atoms with van der Waals surface area (Å²) in [4.78, 5) is 11.9. The fourth-order valence-corrected chi connectivity index (χ4v) is 2.47. The molecule has 1 N–H and O–H groups in total. The summed E-state index contributed by atoms with van der Waals surface area (Å²) in [5.74, 6) is 0.605. The highest BCUT2D eigenvalue weighted by Crippen LogP contribution is 2.27. The fourth-order valence-electron chi connectivity index (χ4n) is 1.95. The summed E-state index contributed by atoms with van der Waals surface area (Å²) in [6.45, 7) is 3.94. The molecule has 0 heterocycles. The van der Waals surface area contributed by atoms with Gasteiger partial charge >= 0.3 is 0 Å². The Morgan fingerprint density at radius 1 is 1.26 bits per heavy atom. The number of carbonyl (C=O) groups excluding carboxylic acids is 1. The molecule has 4 nitrogen and oxygen atoms in total. The molecule has 0 spiro atoms. The van der Waals surface area contributed by atoms with Gasteiger partial charge in [0, 0.05) is 0 Å². The third-order valence-corrected chi connectivity index (χ3v) is 3.55. The van der Waals surface area contributed by atoms with Crippen LogP contribution >= 0.6 is 15.9 Å². The van der Waals surface area contributed by atoms with Crippen molar-refractivity contribution in [3.63, 3.8) is 0 Å². The minimum atomic E-state index is -0.165. The van der Waals surface area contributed by atoms with E-state index in [2.05, 4.69) is 26.5 Å². The van der Waals surface area contributed by atoms with Gasteiger partial charge in [-0.1, -0.05) is 36.4 Å². The van der Waals surface area contributed by atoms with E-state index in [9.17, 15) is 4.79 Å². The fraction of sp³-hybridized carbons (Fsp3) is 0.222. The normalized spacial score (nSPS) is 11.0. The van der Waals surface area contributed by atoms with E-state index in [0.29, 0.717) is 0 Å². The summed E-state index contributed by atoms with van der Waals surface area (Å²) in [5, 5.41) is 3.96. The summed E-state index contributed by atoms with van der Waals surface area (Å²) in [7, 11) is 0. The number of nitrogens with one attached hydrogen (secondary N) is 1. The lowest BCUT2D eigenvalue weighted by molar-refractivity contribution is -0.120. The van der Waals surface area contributed by atoms with Crippen LogP contribution in [-0.2, 0) is 11.2 Å². The van der Waals surface area contributed by atoms with Gasteiger partial charge in [0.05, 0.1) is 23.2 Å². The molecule has 0 saturated heterocycles. The maximum atomic E-state index is 11.9. The van der Waals surface area contributed by atoms with Crippen molar-refractivity contribution in [3.8, 4) is 5.75 Å². The smallest absolute Gasteiger partial charge is 0.244 e. The van der Waals surface area contributed by atoms with Crippen LogP contribution < -0.4 is 10.2 Å². The number of hydrazone groups is 1. The Balaban J connectivity index is 1.90. The highest BCUT2D eigenvalue weighted by atomic mass is 79.9. The first-order chi connectivity index (χ1) is 11.0. The van der Waals surface area contributed by atoms with E-state index in [0.717, 1.165) is 21.3 Å². The number of ether oxygens (including phenoxy) is 1. The summed E-state index contributed by atoms with van der Waals surface area (Å²) in [6, 6.07) is 15.2.